The summed E-state index contributed by atoms with van der Waals surface area (Å²) >= 11 is 0. The Kier molecular flexibility index (Phi) is 7.39. The zero-order valence-corrected chi connectivity index (χ0v) is 18.4. The molecule has 3 rings (SSSR count). The lowest BCUT2D eigenvalue weighted by molar-refractivity contribution is -0.153. The van der Waals surface area contributed by atoms with Gasteiger partial charge in [-0.2, -0.15) is 5.48 Å². The molecule has 0 fully saturated rings. The van der Waals surface area contributed by atoms with Crippen LogP contribution in [0.2, 0.25) is 0 Å². The Balaban J connectivity index is 1.78. The van der Waals surface area contributed by atoms with Crippen molar-refractivity contribution in [1.29, 1.82) is 0 Å². The zero-order valence-electron chi connectivity index (χ0n) is 18.4. The van der Waals surface area contributed by atoms with Crippen LogP contribution in [0.3, 0.4) is 0 Å². The molecule has 0 aromatic heterocycles. The van der Waals surface area contributed by atoms with E-state index in [0.717, 1.165) is 5.56 Å². The average molecular weight is 430 g/mol. The third-order valence-electron chi connectivity index (χ3n) is 4.71. The van der Waals surface area contributed by atoms with Gasteiger partial charge in [0, 0.05) is 11.1 Å². The molecule has 164 valence electrons. The number of para-hydroxylation sites is 1. The van der Waals surface area contributed by atoms with E-state index in [-0.39, 0.29) is 5.91 Å². The Morgan fingerprint density at radius 1 is 0.781 bits per heavy atom. The van der Waals surface area contributed by atoms with Gasteiger partial charge in [0.05, 0.1) is 5.69 Å². The van der Waals surface area contributed by atoms with Crippen molar-refractivity contribution in [2.24, 2.45) is 10.4 Å². The maximum Gasteiger partial charge on any atom is 0.354 e. The van der Waals surface area contributed by atoms with Gasteiger partial charge in [-0.05, 0) is 29.7 Å². The average Bonchev–Trinajstić information content (AvgIpc) is 2.81. The van der Waals surface area contributed by atoms with Crippen LogP contribution in [0.1, 0.15) is 36.7 Å². The van der Waals surface area contributed by atoms with Crippen molar-refractivity contribution in [2.45, 2.75) is 26.8 Å². The van der Waals surface area contributed by atoms with E-state index in [4.69, 9.17) is 4.84 Å². The lowest BCUT2D eigenvalue weighted by atomic mass is 9.86. The highest BCUT2D eigenvalue weighted by Gasteiger charge is 2.35. The second-order valence-electron chi connectivity index (χ2n) is 8.32. The van der Waals surface area contributed by atoms with Gasteiger partial charge in [0.15, 0.2) is 5.84 Å². The monoisotopic (exact) mass is 429 g/mol. The van der Waals surface area contributed by atoms with Crippen LogP contribution < -0.4 is 10.8 Å². The summed E-state index contributed by atoms with van der Waals surface area (Å²) in [7, 11) is 0. The number of amidine groups is 1. The fourth-order valence-corrected chi connectivity index (χ4v) is 2.96. The number of aliphatic imine (C=N–C) groups is 1. The summed E-state index contributed by atoms with van der Waals surface area (Å²) in [6.45, 7) is 5.58. The fourth-order valence-electron chi connectivity index (χ4n) is 2.96. The van der Waals surface area contributed by atoms with Gasteiger partial charge in [0.2, 0.25) is 0 Å². The van der Waals surface area contributed by atoms with Crippen LogP contribution >= 0.6 is 0 Å². The Morgan fingerprint density at radius 3 is 1.81 bits per heavy atom. The number of nitrogens with zero attached hydrogens (tertiary/aromatic N) is 1. The minimum atomic E-state index is -0.878. The Morgan fingerprint density at radius 2 is 1.28 bits per heavy atom. The molecule has 6 nitrogen and oxygen atoms in total. The number of carbonyl (C=O) groups is 2. The Labute approximate surface area is 188 Å². The minimum Gasteiger partial charge on any atom is -0.340 e. The van der Waals surface area contributed by atoms with Gasteiger partial charge >= 0.3 is 5.97 Å². The molecule has 1 atom stereocenters. The number of benzene rings is 3. The molecule has 0 spiro atoms. The molecule has 0 saturated carbocycles. The summed E-state index contributed by atoms with van der Waals surface area (Å²) in [5.74, 6) is -0.575. The second kappa shape index (κ2) is 10.4. The summed E-state index contributed by atoms with van der Waals surface area (Å²) in [4.78, 5) is 35.6. The van der Waals surface area contributed by atoms with Crippen LogP contribution in [0, 0.1) is 5.41 Å². The van der Waals surface area contributed by atoms with Gasteiger partial charge in [-0.15, -0.1) is 0 Å². The molecule has 2 N–H and O–H groups in total. The van der Waals surface area contributed by atoms with E-state index in [0.29, 0.717) is 17.1 Å². The zero-order chi connectivity index (χ0) is 23.0. The molecule has 3 aromatic carbocycles. The van der Waals surface area contributed by atoms with E-state index in [1.807, 2.05) is 87.5 Å². The standard InChI is InChI=1S/C26H27N3O3/c1-26(2,3)22(28-24(30)20-15-9-5-10-16-20)25(31)32-29-23(19-13-7-4-8-14-19)27-21-17-11-6-12-18-21/h4-18,22H,1-3H3,(H,27,29)(H,28,30)/t22-/m1/s1. The van der Waals surface area contributed by atoms with E-state index < -0.39 is 17.4 Å². The van der Waals surface area contributed by atoms with Crippen LogP contribution in [0.25, 0.3) is 0 Å². The summed E-state index contributed by atoms with van der Waals surface area (Å²) in [5, 5.41) is 2.79. The maximum atomic E-state index is 13.0. The molecule has 0 unspecified atom stereocenters. The SMILES string of the molecule is CC(C)(C)[C@H](NC(=O)c1ccccc1)C(=O)ONC(=Nc1ccccc1)c1ccccc1. The third-order valence-corrected chi connectivity index (χ3v) is 4.71. The van der Waals surface area contributed by atoms with E-state index in [2.05, 4.69) is 15.8 Å². The molecule has 0 bridgehead atoms. The lowest BCUT2D eigenvalue weighted by Crippen LogP contribution is -2.51. The summed E-state index contributed by atoms with van der Waals surface area (Å²) in [5.41, 5.74) is 4.06. The highest BCUT2D eigenvalue weighted by molar-refractivity contribution is 6.01. The molecule has 0 heterocycles. The number of hydroxylamine groups is 1. The van der Waals surface area contributed by atoms with Gasteiger partial charge < -0.3 is 10.2 Å². The molecule has 0 aliphatic heterocycles. The topological polar surface area (TPSA) is 79.8 Å². The molecule has 3 aromatic rings. The largest absolute Gasteiger partial charge is 0.354 e. The molecular weight excluding hydrogens is 402 g/mol. The van der Waals surface area contributed by atoms with Gasteiger partial charge in [-0.1, -0.05) is 87.5 Å². The second-order valence-corrected chi connectivity index (χ2v) is 8.32. The number of hydrogen-bond donors (Lipinski definition) is 2. The first-order valence-corrected chi connectivity index (χ1v) is 10.4. The summed E-state index contributed by atoms with van der Waals surface area (Å²) < 4.78 is 0. The maximum absolute atomic E-state index is 13.0. The van der Waals surface area contributed by atoms with Gasteiger partial charge in [0.1, 0.15) is 6.04 Å². The van der Waals surface area contributed by atoms with Crippen molar-refractivity contribution in [2.75, 3.05) is 0 Å². The van der Waals surface area contributed by atoms with E-state index in [9.17, 15) is 9.59 Å². The quantitative estimate of drug-likeness (QED) is 0.351. The highest BCUT2D eigenvalue weighted by atomic mass is 16.7. The van der Waals surface area contributed by atoms with Crippen molar-refractivity contribution in [3.05, 3.63) is 102 Å². The number of hydrogen-bond acceptors (Lipinski definition) is 4. The van der Waals surface area contributed by atoms with E-state index in [1.54, 1.807) is 24.3 Å². The molecule has 0 aliphatic carbocycles. The number of carbonyl (C=O) groups excluding carboxylic acids is 2. The molecule has 32 heavy (non-hydrogen) atoms. The summed E-state index contributed by atoms with van der Waals surface area (Å²) in [6, 6.07) is 26.6. The number of amides is 1. The van der Waals surface area contributed by atoms with Crippen molar-refractivity contribution in [3.63, 3.8) is 0 Å². The fraction of sp³-hybridized carbons (Fsp3) is 0.192. The number of nitrogens with one attached hydrogen (secondary N) is 2. The molecule has 0 saturated heterocycles. The van der Waals surface area contributed by atoms with Gasteiger partial charge in [-0.25, -0.2) is 9.79 Å². The lowest BCUT2D eigenvalue weighted by Gasteiger charge is -2.29. The predicted molar refractivity (Wildman–Crippen MR) is 125 cm³/mol. The Bertz CT molecular complexity index is 1060. The van der Waals surface area contributed by atoms with Gasteiger partial charge in [-0.3, -0.25) is 4.79 Å². The first-order chi connectivity index (χ1) is 15.3. The third kappa shape index (κ3) is 6.28. The van der Waals surface area contributed by atoms with Crippen molar-refractivity contribution >= 4 is 23.4 Å². The number of rotatable bonds is 5. The van der Waals surface area contributed by atoms with Crippen LogP contribution in [0.15, 0.2) is 96.0 Å². The van der Waals surface area contributed by atoms with Crippen LogP contribution in [0.4, 0.5) is 5.69 Å². The van der Waals surface area contributed by atoms with Gasteiger partial charge in [0.25, 0.3) is 5.91 Å². The Hall–Kier alpha value is -3.93. The molecule has 0 aliphatic rings. The van der Waals surface area contributed by atoms with Crippen LogP contribution in [-0.2, 0) is 9.63 Å². The van der Waals surface area contributed by atoms with Crippen molar-refractivity contribution in [3.8, 4) is 0 Å². The van der Waals surface area contributed by atoms with E-state index in [1.165, 1.54) is 0 Å². The molecular formula is C26H27N3O3. The smallest absolute Gasteiger partial charge is 0.340 e. The predicted octanol–water partition coefficient (Wildman–Crippen LogP) is 4.66. The molecule has 0 radical (unpaired) electrons. The van der Waals surface area contributed by atoms with Crippen LogP contribution in [0.5, 0.6) is 0 Å². The highest BCUT2D eigenvalue weighted by Crippen LogP contribution is 2.21. The molecule has 6 heteroatoms. The summed E-state index contributed by atoms with van der Waals surface area (Å²) in [6.07, 6.45) is 0. The van der Waals surface area contributed by atoms with Crippen molar-refractivity contribution in [1.82, 2.24) is 10.8 Å². The normalized spacial score (nSPS) is 12.5. The van der Waals surface area contributed by atoms with E-state index >= 15 is 0 Å². The van der Waals surface area contributed by atoms with Crippen LogP contribution in [-0.4, -0.2) is 23.8 Å². The van der Waals surface area contributed by atoms with Crippen molar-refractivity contribution < 1.29 is 14.4 Å². The minimum absolute atomic E-state index is 0.344. The molecule has 1 amide bonds. The first kappa shape index (κ1) is 22.7. The first-order valence-electron chi connectivity index (χ1n) is 10.4.